The molecule has 3 aromatic heterocycles. The monoisotopic (exact) mass is 272 g/mol. The van der Waals surface area contributed by atoms with Crippen molar-refractivity contribution >= 4 is 34.5 Å². The smallest absolute Gasteiger partial charge is 0.243 e. The second-order valence-corrected chi connectivity index (χ2v) is 4.07. The Morgan fingerprint density at radius 2 is 1.32 bits per heavy atom. The zero-order valence-electron chi connectivity index (χ0n) is 9.56. The number of aromatic nitrogens is 6. The molecule has 0 atom stereocenters. The van der Waals surface area contributed by atoms with Crippen LogP contribution in [0.15, 0.2) is 36.9 Å². The minimum atomic E-state index is 0.426. The number of nitrogens with zero attached hydrogens (tertiary/aromatic N) is 6. The SMILES string of the molecule is c1cnc(Nc2nsc(Nc3ncccn3)n2)nc1. The first-order valence-electron chi connectivity index (χ1n) is 5.32. The van der Waals surface area contributed by atoms with Crippen LogP contribution in [0.2, 0.25) is 0 Å². The number of hydrogen-bond donors (Lipinski definition) is 2. The molecule has 0 radical (unpaired) electrons. The maximum atomic E-state index is 4.23. The predicted octanol–water partition coefficient (Wildman–Crippen LogP) is 1.61. The van der Waals surface area contributed by atoms with E-state index in [1.54, 1.807) is 36.9 Å². The summed E-state index contributed by atoms with van der Waals surface area (Å²) in [5.41, 5.74) is 0. The van der Waals surface area contributed by atoms with Gasteiger partial charge in [-0.3, -0.25) is 10.6 Å². The molecular formula is C10H8N8S. The topological polar surface area (TPSA) is 101 Å². The van der Waals surface area contributed by atoms with Crippen molar-refractivity contribution in [2.45, 2.75) is 0 Å². The van der Waals surface area contributed by atoms with Gasteiger partial charge in [0.1, 0.15) is 0 Å². The predicted molar refractivity (Wildman–Crippen MR) is 70.5 cm³/mol. The average Bonchev–Trinajstić information content (AvgIpc) is 2.88. The van der Waals surface area contributed by atoms with Crippen molar-refractivity contribution in [2.24, 2.45) is 0 Å². The third-order valence-corrected chi connectivity index (χ3v) is 2.63. The van der Waals surface area contributed by atoms with Crippen molar-refractivity contribution in [3.05, 3.63) is 36.9 Å². The summed E-state index contributed by atoms with van der Waals surface area (Å²) in [7, 11) is 0. The highest BCUT2D eigenvalue weighted by molar-refractivity contribution is 7.10. The van der Waals surface area contributed by atoms with E-state index in [1.165, 1.54) is 11.5 Å². The van der Waals surface area contributed by atoms with E-state index in [0.717, 1.165) is 0 Å². The Hall–Kier alpha value is -2.68. The van der Waals surface area contributed by atoms with E-state index in [2.05, 4.69) is 39.9 Å². The lowest BCUT2D eigenvalue weighted by atomic mass is 10.7. The molecule has 0 aliphatic rings. The van der Waals surface area contributed by atoms with Gasteiger partial charge in [-0.05, 0) is 12.1 Å². The van der Waals surface area contributed by atoms with E-state index in [4.69, 9.17) is 0 Å². The van der Waals surface area contributed by atoms with Crippen LogP contribution >= 0.6 is 11.5 Å². The van der Waals surface area contributed by atoms with E-state index in [0.29, 0.717) is 23.0 Å². The van der Waals surface area contributed by atoms with E-state index < -0.39 is 0 Å². The largest absolute Gasteiger partial charge is 0.299 e. The highest BCUT2D eigenvalue weighted by atomic mass is 32.1. The molecule has 0 amide bonds. The molecule has 0 saturated carbocycles. The molecule has 3 heterocycles. The van der Waals surface area contributed by atoms with Crippen LogP contribution in [-0.4, -0.2) is 29.3 Å². The summed E-state index contributed by atoms with van der Waals surface area (Å²) >= 11 is 1.19. The molecule has 0 aliphatic carbocycles. The highest BCUT2D eigenvalue weighted by Gasteiger charge is 2.06. The van der Waals surface area contributed by atoms with Gasteiger partial charge in [0.2, 0.25) is 23.0 Å². The maximum Gasteiger partial charge on any atom is 0.243 e. The van der Waals surface area contributed by atoms with Gasteiger partial charge in [-0.15, -0.1) is 0 Å². The van der Waals surface area contributed by atoms with E-state index in [1.807, 2.05) is 0 Å². The van der Waals surface area contributed by atoms with E-state index in [-0.39, 0.29) is 0 Å². The average molecular weight is 272 g/mol. The Kier molecular flexibility index (Phi) is 3.19. The van der Waals surface area contributed by atoms with E-state index >= 15 is 0 Å². The van der Waals surface area contributed by atoms with Crippen molar-refractivity contribution < 1.29 is 0 Å². The van der Waals surface area contributed by atoms with Crippen LogP contribution in [0.25, 0.3) is 0 Å². The first-order chi connectivity index (χ1) is 9.40. The molecule has 0 aliphatic heterocycles. The Morgan fingerprint density at radius 1 is 0.737 bits per heavy atom. The summed E-state index contributed by atoms with van der Waals surface area (Å²) in [5, 5.41) is 6.43. The summed E-state index contributed by atoms with van der Waals surface area (Å²) in [6.07, 6.45) is 6.57. The first kappa shape index (κ1) is 11.4. The van der Waals surface area contributed by atoms with Crippen LogP contribution in [0.3, 0.4) is 0 Å². The molecule has 8 nitrogen and oxygen atoms in total. The van der Waals surface area contributed by atoms with Gasteiger partial charge in [0, 0.05) is 36.3 Å². The first-order valence-corrected chi connectivity index (χ1v) is 6.09. The van der Waals surface area contributed by atoms with Crippen molar-refractivity contribution in [3.63, 3.8) is 0 Å². The lowest BCUT2D eigenvalue weighted by Gasteiger charge is -1.98. The summed E-state index contributed by atoms with van der Waals surface area (Å²) in [4.78, 5) is 20.4. The number of anilines is 4. The van der Waals surface area contributed by atoms with Gasteiger partial charge in [-0.1, -0.05) is 0 Å². The van der Waals surface area contributed by atoms with Crippen LogP contribution in [0.4, 0.5) is 23.0 Å². The summed E-state index contributed by atoms with van der Waals surface area (Å²) < 4.78 is 4.13. The summed E-state index contributed by atoms with van der Waals surface area (Å²) in [6.45, 7) is 0. The molecule has 0 aromatic carbocycles. The number of rotatable bonds is 4. The van der Waals surface area contributed by atoms with Crippen molar-refractivity contribution in [1.82, 2.24) is 29.3 Å². The van der Waals surface area contributed by atoms with Gasteiger partial charge >= 0.3 is 0 Å². The van der Waals surface area contributed by atoms with Crippen LogP contribution in [0.5, 0.6) is 0 Å². The van der Waals surface area contributed by atoms with Gasteiger partial charge in [0.15, 0.2) is 0 Å². The molecule has 2 N–H and O–H groups in total. The van der Waals surface area contributed by atoms with Gasteiger partial charge in [0.25, 0.3) is 0 Å². The third kappa shape index (κ3) is 2.96. The van der Waals surface area contributed by atoms with Crippen LogP contribution in [0.1, 0.15) is 0 Å². The standard InChI is InChI=1S/C10H8N8S/c1-3-11-7(12-4-1)15-9-17-10(19-18-9)16-8-13-5-2-6-14-8/h1-6H,(H2,11,12,13,14,15,16,17,18). The van der Waals surface area contributed by atoms with Gasteiger partial charge in [-0.25, -0.2) is 19.9 Å². The maximum absolute atomic E-state index is 4.23. The minimum absolute atomic E-state index is 0.426. The molecule has 3 rings (SSSR count). The Labute approximate surface area is 112 Å². The van der Waals surface area contributed by atoms with Crippen LogP contribution in [-0.2, 0) is 0 Å². The van der Waals surface area contributed by atoms with Crippen LogP contribution < -0.4 is 10.6 Å². The summed E-state index contributed by atoms with van der Waals surface area (Å²) in [6, 6.07) is 3.48. The number of hydrogen-bond acceptors (Lipinski definition) is 9. The van der Waals surface area contributed by atoms with E-state index in [9.17, 15) is 0 Å². The van der Waals surface area contributed by atoms with Crippen molar-refractivity contribution in [2.75, 3.05) is 10.6 Å². The van der Waals surface area contributed by atoms with Crippen molar-refractivity contribution in [3.8, 4) is 0 Å². The molecule has 3 aromatic rings. The Bertz CT molecular complexity index is 585. The normalized spacial score (nSPS) is 10.1. The lowest BCUT2D eigenvalue weighted by Crippen LogP contribution is -1.98. The molecule has 0 unspecified atom stereocenters. The number of nitrogens with one attached hydrogen (secondary N) is 2. The second kappa shape index (κ2) is 5.31. The van der Waals surface area contributed by atoms with Gasteiger partial charge in [-0.2, -0.15) is 9.36 Å². The Morgan fingerprint density at radius 3 is 1.95 bits per heavy atom. The quantitative estimate of drug-likeness (QED) is 0.738. The second-order valence-electron chi connectivity index (χ2n) is 3.32. The Balaban J connectivity index is 1.70. The molecule has 0 saturated heterocycles. The van der Waals surface area contributed by atoms with Crippen molar-refractivity contribution in [1.29, 1.82) is 0 Å². The molecule has 19 heavy (non-hydrogen) atoms. The minimum Gasteiger partial charge on any atom is -0.299 e. The molecule has 0 bridgehead atoms. The lowest BCUT2D eigenvalue weighted by molar-refractivity contribution is 1.13. The zero-order chi connectivity index (χ0) is 12.9. The van der Waals surface area contributed by atoms with Gasteiger partial charge < -0.3 is 0 Å². The molecule has 94 valence electrons. The molecule has 9 heteroatoms. The molecular weight excluding hydrogens is 264 g/mol. The third-order valence-electron chi connectivity index (χ3n) is 2.00. The van der Waals surface area contributed by atoms with Gasteiger partial charge in [0.05, 0.1) is 0 Å². The summed E-state index contributed by atoms with van der Waals surface area (Å²) in [5.74, 6) is 1.35. The molecule has 0 spiro atoms. The van der Waals surface area contributed by atoms with Crippen LogP contribution in [0, 0.1) is 0 Å². The fourth-order valence-electron chi connectivity index (χ4n) is 1.25. The fraction of sp³-hybridized carbons (Fsp3) is 0. The zero-order valence-corrected chi connectivity index (χ0v) is 10.4. The highest BCUT2D eigenvalue weighted by Crippen LogP contribution is 2.18. The fourth-order valence-corrected chi connectivity index (χ4v) is 1.77. The molecule has 0 fully saturated rings.